The summed E-state index contributed by atoms with van der Waals surface area (Å²) >= 11 is 0. The van der Waals surface area contributed by atoms with Crippen molar-refractivity contribution in [3.8, 4) is 0 Å². The van der Waals surface area contributed by atoms with E-state index in [9.17, 15) is 45.6 Å². The minimum atomic E-state index is -2.04. The molecule has 1 fully saturated rings. The molecule has 0 saturated carbocycles. The van der Waals surface area contributed by atoms with Gasteiger partial charge in [0, 0.05) is 6.54 Å². The Morgan fingerprint density at radius 2 is 1.42 bits per heavy atom. The van der Waals surface area contributed by atoms with Crippen molar-refractivity contribution in [2.75, 3.05) is 19.8 Å². The van der Waals surface area contributed by atoms with Crippen LogP contribution in [-0.4, -0.2) is 122 Å². The normalized spacial score (nSPS) is 27.9. The van der Waals surface area contributed by atoms with Crippen LogP contribution < -0.4 is 5.32 Å². The molecule has 1 heterocycles. The van der Waals surface area contributed by atoms with Crippen LogP contribution in [0.4, 0.5) is 0 Å². The Balaban J connectivity index is 2.48. The average Bonchev–Trinajstić information content (AvgIpc) is 2.88. The maximum Gasteiger partial charge on any atom is 0.251 e. The molecule has 1 aliphatic heterocycles. The lowest BCUT2D eigenvalue weighted by atomic mass is 9.98. The molecule has 9 atom stereocenters. The molecule has 0 radical (unpaired) electrons. The van der Waals surface area contributed by atoms with E-state index in [0.717, 1.165) is 19.3 Å². The molecule has 12 heteroatoms. The number of rotatable bonds is 19. The third kappa shape index (κ3) is 10.8. The fourth-order valence-electron chi connectivity index (χ4n) is 4.10. The fourth-order valence-corrected chi connectivity index (χ4v) is 4.10. The average molecular weight is 526 g/mol. The summed E-state index contributed by atoms with van der Waals surface area (Å²) in [6, 6.07) is 0. The zero-order valence-corrected chi connectivity index (χ0v) is 21.2. The van der Waals surface area contributed by atoms with Crippen molar-refractivity contribution < 1.29 is 55.1 Å². The van der Waals surface area contributed by atoms with Crippen LogP contribution in [0.2, 0.25) is 0 Å². The Morgan fingerprint density at radius 1 is 0.861 bits per heavy atom. The second-order valence-corrected chi connectivity index (χ2v) is 9.46. The number of hydrogen-bond acceptors (Lipinski definition) is 11. The Hall–Kier alpha value is -0.930. The van der Waals surface area contributed by atoms with Crippen molar-refractivity contribution in [3.05, 3.63) is 0 Å². The standard InChI is InChI=1S/C24H47NO11/c1-2-3-4-5-6-7-8-9-10-11-12-25-23(34)20(32)19(31)22(15(28)13-26)36-24-21(33)18(30)17(29)16(14-27)35-24/h15-22,24,26-33H,2-14H2,1H3,(H,25,34). The summed E-state index contributed by atoms with van der Waals surface area (Å²) < 4.78 is 10.5. The quantitative estimate of drug-likeness (QED) is 0.0866. The maximum absolute atomic E-state index is 12.3. The smallest absolute Gasteiger partial charge is 0.251 e. The van der Waals surface area contributed by atoms with Gasteiger partial charge in [-0.15, -0.1) is 0 Å². The Labute approximate surface area is 212 Å². The molecule has 0 aromatic rings. The van der Waals surface area contributed by atoms with Crippen molar-refractivity contribution in [3.63, 3.8) is 0 Å². The lowest BCUT2D eigenvalue weighted by Crippen LogP contribution is -2.62. The van der Waals surface area contributed by atoms with Gasteiger partial charge < -0.3 is 55.6 Å². The van der Waals surface area contributed by atoms with Crippen molar-refractivity contribution in [1.29, 1.82) is 0 Å². The second kappa shape index (κ2) is 18.3. The molecule has 12 nitrogen and oxygen atoms in total. The zero-order chi connectivity index (χ0) is 27.1. The number of nitrogens with one attached hydrogen (secondary N) is 1. The number of hydrogen-bond donors (Lipinski definition) is 9. The van der Waals surface area contributed by atoms with Crippen LogP contribution >= 0.6 is 0 Å². The minimum absolute atomic E-state index is 0.278. The summed E-state index contributed by atoms with van der Waals surface area (Å²) in [4.78, 5) is 12.3. The van der Waals surface area contributed by atoms with E-state index in [4.69, 9.17) is 9.47 Å². The van der Waals surface area contributed by atoms with Crippen LogP contribution in [0.3, 0.4) is 0 Å². The third-order valence-corrected chi connectivity index (χ3v) is 6.46. The molecule has 1 aliphatic rings. The fraction of sp³-hybridized carbons (Fsp3) is 0.958. The summed E-state index contributed by atoms with van der Waals surface area (Å²) in [5.41, 5.74) is 0. The second-order valence-electron chi connectivity index (χ2n) is 9.46. The van der Waals surface area contributed by atoms with E-state index in [-0.39, 0.29) is 6.54 Å². The first-order valence-corrected chi connectivity index (χ1v) is 13.1. The Bertz CT molecular complexity index is 582. The molecule has 0 aromatic heterocycles. The number of unbranched alkanes of at least 4 members (excludes halogenated alkanes) is 9. The van der Waals surface area contributed by atoms with Gasteiger partial charge >= 0.3 is 0 Å². The number of amides is 1. The molecule has 0 aromatic carbocycles. The highest BCUT2D eigenvalue weighted by molar-refractivity contribution is 5.81. The molecule has 0 bridgehead atoms. The molecule has 1 rings (SSSR count). The van der Waals surface area contributed by atoms with Crippen LogP contribution in [0.5, 0.6) is 0 Å². The maximum atomic E-state index is 12.3. The van der Waals surface area contributed by atoms with Gasteiger partial charge in [-0.2, -0.15) is 0 Å². The van der Waals surface area contributed by atoms with Gasteiger partial charge in [0.05, 0.1) is 13.2 Å². The third-order valence-electron chi connectivity index (χ3n) is 6.46. The first kappa shape index (κ1) is 33.1. The van der Waals surface area contributed by atoms with Crippen LogP contribution in [0.1, 0.15) is 71.1 Å². The number of aliphatic hydroxyl groups excluding tert-OH is 8. The highest BCUT2D eigenvalue weighted by atomic mass is 16.7. The van der Waals surface area contributed by atoms with E-state index in [1.165, 1.54) is 38.5 Å². The first-order valence-electron chi connectivity index (χ1n) is 13.1. The molecule has 36 heavy (non-hydrogen) atoms. The lowest BCUT2D eigenvalue weighted by molar-refractivity contribution is -0.326. The Morgan fingerprint density at radius 3 is 1.94 bits per heavy atom. The topological polar surface area (TPSA) is 209 Å². The predicted molar refractivity (Wildman–Crippen MR) is 129 cm³/mol. The molecular formula is C24H47NO11. The highest BCUT2D eigenvalue weighted by Gasteiger charge is 2.47. The van der Waals surface area contributed by atoms with E-state index in [1.807, 2.05) is 0 Å². The molecule has 0 spiro atoms. The van der Waals surface area contributed by atoms with Gasteiger partial charge in [-0.05, 0) is 6.42 Å². The molecular weight excluding hydrogens is 478 g/mol. The summed E-state index contributed by atoms with van der Waals surface area (Å²) in [5.74, 6) is -0.911. The van der Waals surface area contributed by atoms with Gasteiger partial charge in [0.1, 0.15) is 42.7 Å². The lowest BCUT2D eigenvalue weighted by Gasteiger charge is -2.42. The van der Waals surface area contributed by atoms with Crippen molar-refractivity contribution in [1.82, 2.24) is 5.32 Å². The molecule has 1 amide bonds. The monoisotopic (exact) mass is 525 g/mol. The molecule has 1 saturated heterocycles. The summed E-state index contributed by atoms with van der Waals surface area (Å²) in [6.45, 7) is 0.809. The van der Waals surface area contributed by atoms with Crippen molar-refractivity contribution in [2.45, 2.75) is 126 Å². The molecule has 9 N–H and O–H groups in total. The zero-order valence-electron chi connectivity index (χ0n) is 21.2. The molecule has 0 aliphatic carbocycles. The van der Waals surface area contributed by atoms with E-state index in [0.29, 0.717) is 6.42 Å². The van der Waals surface area contributed by atoms with Gasteiger partial charge in [0.25, 0.3) is 5.91 Å². The molecule has 214 valence electrons. The number of carbonyl (C=O) groups excluding carboxylic acids is 1. The SMILES string of the molecule is CCCCCCCCCCCCNC(=O)C(O)C(O)C(OC1OC(CO)C(O)C(O)C1O)C(O)CO. The van der Waals surface area contributed by atoms with Crippen LogP contribution in [0.15, 0.2) is 0 Å². The van der Waals surface area contributed by atoms with Gasteiger partial charge in [-0.25, -0.2) is 0 Å². The summed E-state index contributed by atoms with van der Waals surface area (Å²) in [7, 11) is 0. The predicted octanol–water partition coefficient (Wildman–Crippen LogP) is -1.72. The minimum Gasteiger partial charge on any atom is -0.394 e. The van der Waals surface area contributed by atoms with Crippen molar-refractivity contribution in [2.24, 2.45) is 0 Å². The van der Waals surface area contributed by atoms with E-state index in [1.54, 1.807) is 0 Å². The number of aliphatic hydroxyl groups is 8. The van der Waals surface area contributed by atoms with Gasteiger partial charge in [0.2, 0.25) is 0 Å². The van der Waals surface area contributed by atoms with Crippen molar-refractivity contribution >= 4 is 5.91 Å². The van der Waals surface area contributed by atoms with Crippen LogP contribution in [-0.2, 0) is 14.3 Å². The van der Waals surface area contributed by atoms with E-state index >= 15 is 0 Å². The summed E-state index contributed by atoms with van der Waals surface area (Å²) in [5, 5.41) is 81.8. The summed E-state index contributed by atoms with van der Waals surface area (Å²) in [6.07, 6.45) is -4.81. The van der Waals surface area contributed by atoms with E-state index < -0.39 is 74.2 Å². The van der Waals surface area contributed by atoms with Gasteiger partial charge in [-0.3, -0.25) is 4.79 Å². The molecule has 9 unspecified atom stereocenters. The first-order chi connectivity index (χ1) is 17.2. The van der Waals surface area contributed by atoms with E-state index in [2.05, 4.69) is 12.2 Å². The van der Waals surface area contributed by atoms with Gasteiger partial charge in [-0.1, -0.05) is 64.7 Å². The highest BCUT2D eigenvalue weighted by Crippen LogP contribution is 2.25. The largest absolute Gasteiger partial charge is 0.394 e. The Kier molecular flexibility index (Phi) is 16.9. The number of carbonyl (C=O) groups is 1. The van der Waals surface area contributed by atoms with Gasteiger partial charge in [0.15, 0.2) is 12.4 Å². The van der Waals surface area contributed by atoms with Crippen LogP contribution in [0, 0.1) is 0 Å². The van der Waals surface area contributed by atoms with Crippen LogP contribution in [0.25, 0.3) is 0 Å². The number of ether oxygens (including phenoxy) is 2.